The van der Waals surface area contributed by atoms with E-state index >= 15 is 0 Å². The molecule has 0 N–H and O–H groups in total. The van der Waals surface area contributed by atoms with E-state index in [4.69, 9.17) is 16.3 Å². The molecule has 0 aromatic heterocycles. The molecule has 2 amide bonds. The molecule has 2 aromatic carbocycles. The van der Waals surface area contributed by atoms with Gasteiger partial charge in [-0.05, 0) is 43.5 Å². The lowest BCUT2D eigenvalue weighted by molar-refractivity contribution is 0.0640. The maximum absolute atomic E-state index is 13.0. The highest BCUT2D eigenvalue weighted by Crippen LogP contribution is 2.36. The summed E-state index contributed by atoms with van der Waals surface area (Å²) in [6.45, 7) is 2.93. The van der Waals surface area contributed by atoms with E-state index in [0.29, 0.717) is 25.9 Å². The molecule has 2 aromatic rings. The number of hydrogen-bond acceptors (Lipinski definition) is 5. The van der Waals surface area contributed by atoms with Crippen LogP contribution in [0.4, 0.5) is 4.79 Å². The van der Waals surface area contributed by atoms with E-state index < -0.39 is 9.84 Å². The highest BCUT2D eigenvalue weighted by atomic mass is 35.5. The molecule has 0 aliphatic carbocycles. The molecular weight excluding hydrogens is 452 g/mol. The van der Waals surface area contributed by atoms with Crippen LogP contribution in [0.15, 0.2) is 53.4 Å². The van der Waals surface area contributed by atoms with E-state index in [0.717, 1.165) is 11.8 Å². The number of carbonyl (C=O) groups is 2. The predicted octanol–water partition coefficient (Wildman–Crippen LogP) is 3.93. The molecule has 0 saturated carbocycles. The van der Waals surface area contributed by atoms with Crippen molar-refractivity contribution in [1.82, 2.24) is 9.80 Å². The molecule has 0 spiro atoms. The third kappa shape index (κ3) is 4.34. The molecule has 2 fully saturated rings. The van der Waals surface area contributed by atoms with Gasteiger partial charge in [0.05, 0.1) is 21.5 Å². The van der Waals surface area contributed by atoms with Crippen LogP contribution in [0, 0.1) is 0 Å². The van der Waals surface area contributed by atoms with Gasteiger partial charge in [-0.3, -0.25) is 9.69 Å². The van der Waals surface area contributed by atoms with E-state index in [-0.39, 0.29) is 45.7 Å². The van der Waals surface area contributed by atoms with Crippen LogP contribution in [0.25, 0.3) is 0 Å². The lowest BCUT2D eigenvalue weighted by atomic mass is 9.98. The van der Waals surface area contributed by atoms with Crippen molar-refractivity contribution in [2.24, 2.45) is 0 Å². The zero-order valence-electron chi connectivity index (χ0n) is 17.9. The van der Waals surface area contributed by atoms with Crippen LogP contribution in [-0.4, -0.2) is 61.6 Å². The van der Waals surface area contributed by atoms with Crippen LogP contribution in [0.3, 0.4) is 0 Å². The molecule has 7 nitrogen and oxygen atoms in total. The molecule has 170 valence electrons. The summed E-state index contributed by atoms with van der Waals surface area (Å²) < 4.78 is 29.1. The fraction of sp³-hybridized carbons (Fsp3) is 0.391. The molecule has 2 atom stereocenters. The molecule has 2 heterocycles. The first-order valence-corrected chi connectivity index (χ1v) is 12.8. The average molecular weight is 477 g/mol. The number of ether oxygens (including phenoxy) is 1. The summed E-state index contributed by atoms with van der Waals surface area (Å²) in [5.74, 6) is -0.243. The van der Waals surface area contributed by atoms with E-state index in [1.165, 1.54) is 18.2 Å². The fourth-order valence-corrected chi connectivity index (χ4v) is 5.44. The summed E-state index contributed by atoms with van der Waals surface area (Å²) in [5, 5.41) is 0.113. The Morgan fingerprint density at radius 1 is 1.09 bits per heavy atom. The number of likely N-dealkylation sites (tertiary alicyclic amines) is 1. The molecule has 4 rings (SSSR count). The van der Waals surface area contributed by atoms with E-state index in [1.807, 2.05) is 37.3 Å². The van der Waals surface area contributed by atoms with E-state index in [2.05, 4.69) is 0 Å². The smallest absolute Gasteiger partial charge is 0.411 e. The van der Waals surface area contributed by atoms with Gasteiger partial charge in [-0.2, -0.15) is 0 Å². The van der Waals surface area contributed by atoms with Gasteiger partial charge in [-0.1, -0.05) is 41.9 Å². The number of benzene rings is 2. The van der Waals surface area contributed by atoms with Crippen molar-refractivity contribution < 1.29 is 22.7 Å². The first-order chi connectivity index (χ1) is 15.2. The largest absolute Gasteiger partial charge is 0.439 e. The number of cyclic esters (lactones) is 1. The second-order valence-corrected chi connectivity index (χ2v) is 10.7. The normalized spacial score (nSPS) is 22.2. The number of sulfone groups is 1. The average Bonchev–Trinajstić information content (AvgIpc) is 3.07. The third-order valence-corrected chi connectivity index (χ3v) is 7.61. The Labute approximate surface area is 192 Å². The minimum absolute atomic E-state index is 0.0154. The summed E-state index contributed by atoms with van der Waals surface area (Å²) in [4.78, 5) is 29.1. The first kappa shape index (κ1) is 22.6. The second-order valence-electron chi connectivity index (χ2n) is 8.30. The summed E-state index contributed by atoms with van der Waals surface area (Å²) in [6.07, 6.45) is 1.72. The van der Waals surface area contributed by atoms with Gasteiger partial charge in [0.1, 0.15) is 6.10 Å². The van der Waals surface area contributed by atoms with Crippen molar-refractivity contribution in [3.63, 3.8) is 0 Å². The van der Waals surface area contributed by atoms with Crippen LogP contribution in [0.2, 0.25) is 5.02 Å². The number of piperidine rings is 1. The SMILES string of the molecule is C[C@@H]1[C@H](c2ccccc2)OC(=O)N1C1CCN(C(=O)c2ccc(S(C)(=O)=O)cc2Cl)CC1. The quantitative estimate of drug-likeness (QED) is 0.667. The number of carbonyl (C=O) groups excluding carboxylic acids is 2. The third-order valence-electron chi connectivity index (χ3n) is 6.19. The van der Waals surface area contributed by atoms with Crippen molar-refractivity contribution >= 4 is 33.4 Å². The highest BCUT2D eigenvalue weighted by Gasteiger charge is 2.44. The molecule has 0 radical (unpaired) electrons. The van der Waals surface area contributed by atoms with Gasteiger partial charge in [0.15, 0.2) is 9.84 Å². The van der Waals surface area contributed by atoms with Crippen LogP contribution < -0.4 is 0 Å². The van der Waals surface area contributed by atoms with Gasteiger partial charge < -0.3 is 9.64 Å². The standard InChI is InChI=1S/C23H25ClN2O5S/c1-15-21(16-6-4-3-5-7-16)31-23(28)26(15)17-10-12-25(13-11-17)22(27)19-9-8-18(14-20(19)24)32(2,29)30/h3-9,14-15,17,21H,10-13H2,1-2H3/t15-,21-/m1/s1. The highest BCUT2D eigenvalue weighted by molar-refractivity contribution is 7.90. The van der Waals surface area contributed by atoms with Gasteiger partial charge in [0, 0.05) is 25.4 Å². The van der Waals surface area contributed by atoms with Gasteiger partial charge in [0.25, 0.3) is 5.91 Å². The zero-order valence-corrected chi connectivity index (χ0v) is 19.5. The van der Waals surface area contributed by atoms with Crippen molar-refractivity contribution in [3.8, 4) is 0 Å². The molecule has 2 aliphatic rings. The molecule has 0 unspecified atom stereocenters. The van der Waals surface area contributed by atoms with Gasteiger partial charge >= 0.3 is 6.09 Å². The molecule has 0 bridgehead atoms. The second kappa shape index (κ2) is 8.75. The van der Waals surface area contributed by atoms with E-state index in [1.54, 1.807) is 9.80 Å². The van der Waals surface area contributed by atoms with Gasteiger partial charge in [0.2, 0.25) is 0 Å². The number of halogens is 1. The molecule has 9 heteroatoms. The van der Waals surface area contributed by atoms with Crippen molar-refractivity contribution in [1.29, 1.82) is 0 Å². The number of hydrogen-bond donors (Lipinski definition) is 0. The molecule has 2 aliphatic heterocycles. The maximum Gasteiger partial charge on any atom is 0.411 e. The first-order valence-electron chi connectivity index (χ1n) is 10.5. The van der Waals surface area contributed by atoms with Crippen molar-refractivity contribution in [3.05, 3.63) is 64.7 Å². The van der Waals surface area contributed by atoms with Crippen molar-refractivity contribution in [2.45, 2.75) is 42.8 Å². The minimum atomic E-state index is -3.40. The molecular formula is C23H25ClN2O5S. The fourth-order valence-electron chi connectivity index (χ4n) is 4.47. The lowest BCUT2D eigenvalue weighted by Crippen LogP contribution is -2.49. The van der Waals surface area contributed by atoms with Crippen LogP contribution in [0.5, 0.6) is 0 Å². The topological polar surface area (TPSA) is 84.0 Å². The molecule has 2 saturated heterocycles. The van der Waals surface area contributed by atoms with Crippen molar-refractivity contribution in [2.75, 3.05) is 19.3 Å². The summed E-state index contributed by atoms with van der Waals surface area (Å²) >= 11 is 6.21. The lowest BCUT2D eigenvalue weighted by Gasteiger charge is -2.37. The Morgan fingerprint density at radius 3 is 2.34 bits per heavy atom. The Hall–Kier alpha value is -2.58. The number of amides is 2. The van der Waals surface area contributed by atoms with Gasteiger partial charge in [-0.25, -0.2) is 13.2 Å². The number of nitrogens with zero attached hydrogens (tertiary/aromatic N) is 2. The summed E-state index contributed by atoms with van der Waals surface area (Å²) in [6, 6.07) is 13.7. The molecule has 32 heavy (non-hydrogen) atoms. The Morgan fingerprint density at radius 2 is 1.75 bits per heavy atom. The maximum atomic E-state index is 13.0. The number of rotatable bonds is 4. The Balaban J connectivity index is 1.42. The van der Waals surface area contributed by atoms with Gasteiger partial charge in [-0.15, -0.1) is 0 Å². The Kier molecular flexibility index (Phi) is 6.18. The summed E-state index contributed by atoms with van der Waals surface area (Å²) in [5.41, 5.74) is 1.24. The summed E-state index contributed by atoms with van der Waals surface area (Å²) in [7, 11) is -3.40. The van der Waals surface area contributed by atoms with Crippen LogP contribution in [-0.2, 0) is 14.6 Å². The van der Waals surface area contributed by atoms with E-state index in [9.17, 15) is 18.0 Å². The predicted molar refractivity (Wildman–Crippen MR) is 120 cm³/mol. The Bertz CT molecular complexity index is 1130. The van der Waals surface area contributed by atoms with Crippen LogP contribution >= 0.6 is 11.6 Å². The van der Waals surface area contributed by atoms with Crippen LogP contribution in [0.1, 0.15) is 41.8 Å². The monoisotopic (exact) mass is 476 g/mol. The minimum Gasteiger partial charge on any atom is -0.439 e. The zero-order chi connectivity index (χ0) is 23.0.